The Kier molecular flexibility index (Phi) is 5.30. The van der Waals surface area contributed by atoms with Crippen molar-refractivity contribution in [1.29, 1.82) is 0 Å². The Bertz CT molecular complexity index is 399. The van der Waals surface area contributed by atoms with Gasteiger partial charge in [-0.3, -0.25) is 0 Å². The largest absolute Gasteiger partial charge is 0.493 e. The minimum absolute atomic E-state index is 0.447. The van der Waals surface area contributed by atoms with Crippen molar-refractivity contribution in [2.45, 2.75) is 13.0 Å². The SMILES string of the molecule is C=CCOc1c(CC=C)cc(CN)cc1OC. The summed E-state index contributed by atoms with van der Waals surface area (Å²) in [6.45, 7) is 8.30. The first-order valence-electron chi connectivity index (χ1n) is 5.51. The molecule has 0 aliphatic rings. The molecular formula is C14H19NO2. The molecule has 92 valence electrons. The molecule has 1 aromatic rings. The summed E-state index contributed by atoms with van der Waals surface area (Å²) in [5.41, 5.74) is 7.70. The maximum absolute atomic E-state index is 5.65. The van der Waals surface area contributed by atoms with Crippen molar-refractivity contribution >= 4 is 0 Å². The number of allylic oxidation sites excluding steroid dienone is 1. The van der Waals surface area contributed by atoms with E-state index in [1.807, 2.05) is 18.2 Å². The van der Waals surface area contributed by atoms with Gasteiger partial charge in [-0.25, -0.2) is 0 Å². The first-order chi connectivity index (χ1) is 8.26. The second kappa shape index (κ2) is 6.76. The van der Waals surface area contributed by atoms with Crippen molar-refractivity contribution in [3.05, 3.63) is 48.6 Å². The van der Waals surface area contributed by atoms with Gasteiger partial charge in [-0.15, -0.1) is 6.58 Å². The van der Waals surface area contributed by atoms with Crippen LogP contribution in [0.15, 0.2) is 37.4 Å². The van der Waals surface area contributed by atoms with E-state index in [-0.39, 0.29) is 0 Å². The van der Waals surface area contributed by atoms with E-state index in [0.717, 1.165) is 23.3 Å². The van der Waals surface area contributed by atoms with E-state index in [1.165, 1.54) is 0 Å². The lowest BCUT2D eigenvalue weighted by atomic mass is 10.1. The molecule has 1 rings (SSSR count). The van der Waals surface area contributed by atoms with Crippen molar-refractivity contribution in [1.82, 2.24) is 0 Å². The maximum atomic E-state index is 5.65. The van der Waals surface area contributed by atoms with E-state index >= 15 is 0 Å². The number of hydrogen-bond acceptors (Lipinski definition) is 3. The topological polar surface area (TPSA) is 44.5 Å². The van der Waals surface area contributed by atoms with E-state index in [1.54, 1.807) is 13.2 Å². The summed E-state index contributed by atoms with van der Waals surface area (Å²) in [6.07, 6.45) is 4.25. The predicted molar refractivity (Wildman–Crippen MR) is 70.5 cm³/mol. The number of hydrogen-bond donors (Lipinski definition) is 1. The molecule has 0 fully saturated rings. The smallest absolute Gasteiger partial charge is 0.165 e. The van der Waals surface area contributed by atoms with Crippen LogP contribution in [0.25, 0.3) is 0 Å². The Hall–Kier alpha value is -1.74. The Morgan fingerprint density at radius 3 is 2.59 bits per heavy atom. The minimum Gasteiger partial charge on any atom is -0.493 e. The van der Waals surface area contributed by atoms with Crippen molar-refractivity contribution in [3.8, 4) is 11.5 Å². The number of rotatable bonds is 7. The fourth-order valence-corrected chi connectivity index (χ4v) is 1.61. The van der Waals surface area contributed by atoms with Gasteiger partial charge in [0, 0.05) is 12.1 Å². The molecule has 0 heterocycles. The molecule has 0 aliphatic heterocycles. The Morgan fingerprint density at radius 2 is 2.06 bits per heavy atom. The molecule has 0 radical (unpaired) electrons. The highest BCUT2D eigenvalue weighted by Crippen LogP contribution is 2.33. The third-order valence-corrected chi connectivity index (χ3v) is 2.36. The van der Waals surface area contributed by atoms with E-state index in [4.69, 9.17) is 15.2 Å². The highest BCUT2D eigenvalue weighted by Gasteiger charge is 2.11. The van der Waals surface area contributed by atoms with Crippen LogP contribution in [0, 0.1) is 0 Å². The van der Waals surface area contributed by atoms with Crippen LogP contribution in [-0.2, 0) is 13.0 Å². The van der Waals surface area contributed by atoms with Crippen LogP contribution in [0.1, 0.15) is 11.1 Å². The molecule has 0 saturated carbocycles. The summed E-state index contributed by atoms with van der Waals surface area (Å²) in [7, 11) is 1.62. The quantitative estimate of drug-likeness (QED) is 0.736. The van der Waals surface area contributed by atoms with Crippen LogP contribution in [0.5, 0.6) is 11.5 Å². The van der Waals surface area contributed by atoms with Gasteiger partial charge >= 0.3 is 0 Å². The third-order valence-electron chi connectivity index (χ3n) is 2.36. The standard InChI is InChI=1S/C14H19NO2/c1-4-6-12-8-11(10-15)9-13(16-3)14(12)17-7-5-2/h4-5,8-9H,1-2,6-7,10,15H2,3H3. The summed E-state index contributed by atoms with van der Waals surface area (Å²) < 4.78 is 11.0. The van der Waals surface area contributed by atoms with Gasteiger partial charge in [0.1, 0.15) is 6.61 Å². The molecule has 0 saturated heterocycles. The van der Waals surface area contributed by atoms with Gasteiger partial charge in [0.15, 0.2) is 11.5 Å². The molecule has 0 unspecified atom stereocenters. The predicted octanol–water partition coefficient (Wildman–Crippen LogP) is 2.45. The monoisotopic (exact) mass is 233 g/mol. The number of nitrogens with two attached hydrogens (primary N) is 1. The fourth-order valence-electron chi connectivity index (χ4n) is 1.61. The van der Waals surface area contributed by atoms with Gasteiger partial charge in [-0.2, -0.15) is 0 Å². The van der Waals surface area contributed by atoms with Crippen LogP contribution >= 0.6 is 0 Å². The fraction of sp³-hybridized carbons (Fsp3) is 0.286. The van der Waals surface area contributed by atoms with E-state index < -0.39 is 0 Å². The molecule has 0 bridgehead atoms. The Balaban J connectivity index is 3.18. The zero-order valence-corrected chi connectivity index (χ0v) is 10.2. The first-order valence-corrected chi connectivity index (χ1v) is 5.51. The third kappa shape index (κ3) is 3.36. The van der Waals surface area contributed by atoms with Crippen molar-refractivity contribution in [2.24, 2.45) is 5.73 Å². The van der Waals surface area contributed by atoms with E-state index in [9.17, 15) is 0 Å². The molecule has 2 N–H and O–H groups in total. The lowest BCUT2D eigenvalue weighted by molar-refractivity contribution is 0.323. The van der Waals surface area contributed by atoms with Crippen molar-refractivity contribution < 1.29 is 9.47 Å². The average molecular weight is 233 g/mol. The molecule has 3 nitrogen and oxygen atoms in total. The molecular weight excluding hydrogens is 214 g/mol. The highest BCUT2D eigenvalue weighted by atomic mass is 16.5. The van der Waals surface area contributed by atoms with Gasteiger partial charge in [0.25, 0.3) is 0 Å². The summed E-state index contributed by atoms with van der Waals surface area (Å²) in [6, 6.07) is 3.91. The number of ether oxygens (including phenoxy) is 2. The molecule has 1 aromatic carbocycles. The van der Waals surface area contributed by atoms with Gasteiger partial charge in [-0.1, -0.05) is 24.8 Å². The lowest BCUT2D eigenvalue weighted by Crippen LogP contribution is -2.04. The van der Waals surface area contributed by atoms with Crippen molar-refractivity contribution in [2.75, 3.05) is 13.7 Å². The Morgan fingerprint density at radius 1 is 1.29 bits per heavy atom. The van der Waals surface area contributed by atoms with Gasteiger partial charge in [0.2, 0.25) is 0 Å². The molecule has 0 spiro atoms. The molecule has 17 heavy (non-hydrogen) atoms. The molecule has 3 heteroatoms. The molecule has 0 amide bonds. The number of methoxy groups -OCH3 is 1. The average Bonchev–Trinajstić information content (AvgIpc) is 2.36. The van der Waals surface area contributed by atoms with Gasteiger partial charge in [0.05, 0.1) is 7.11 Å². The van der Waals surface area contributed by atoms with Crippen LogP contribution in [0.4, 0.5) is 0 Å². The Labute approximate surface area is 103 Å². The first kappa shape index (κ1) is 13.3. The zero-order valence-electron chi connectivity index (χ0n) is 10.2. The number of benzene rings is 1. The molecule has 0 aromatic heterocycles. The second-order valence-corrected chi connectivity index (χ2v) is 3.58. The summed E-state index contributed by atoms with van der Waals surface area (Å²) in [4.78, 5) is 0. The maximum Gasteiger partial charge on any atom is 0.165 e. The van der Waals surface area contributed by atoms with Crippen molar-refractivity contribution in [3.63, 3.8) is 0 Å². The van der Waals surface area contributed by atoms with Crippen LogP contribution in [0.2, 0.25) is 0 Å². The molecule has 0 atom stereocenters. The highest BCUT2D eigenvalue weighted by molar-refractivity contribution is 5.50. The second-order valence-electron chi connectivity index (χ2n) is 3.58. The van der Waals surface area contributed by atoms with Crippen LogP contribution in [0.3, 0.4) is 0 Å². The lowest BCUT2D eigenvalue weighted by Gasteiger charge is -2.15. The van der Waals surface area contributed by atoms with Crippen LogP contribution < -0.4 is 15.2 Å². The molecule has 0 aliphatic carbocycles. The van der Waals surface area contributed by atoms with E-state index in [0.29, 0.717) is 18.9 Å². The van der Waals surface area contributed by atoms with Crippen LogP contribution in [-0.4, -0.2) is 13.7 Å². The van der Waals surface area contributed by atoms with Gasteiger partial charge in [-0.05, 0) is 18.1 Å². The summed E-state index contributed by atoms with van der Waals surface area (Å²) in [5, 5.41) is 0. The van der Waals surface area contributed by atoms with Gasteiger partial charge < -0.3 is 15.2 Å². The normalized spacial score (nSPS) is 9.76. The minimum atomic E-state index is 0.447. The van der Waals surface area contributed by atoms with E-state index in [2.05, 4.69) is 13.2 Å². The summed E-state index contributed by atoms with van der Waals surface area (Å²) in [5.74, 6) is 1.44. The summed E-state index contributed by atoms with van der Waals surface area (Å²) >= 11 is 0. The zero-order chi connectivity index (χ0) is 12.7.